The Balaban J connectivity index is 2.05. The summed E-state index contributed by atoms with van der Waals surface area (Å²) >= 11 is 3.19. The minimum absolute atomic E-state index is 0.0208. The topological polar surface area (TPSA) is 57.6 Å². The fourth-order valence-electron chi connectivity index (χ4n) is 1.88. The van der Waals surface area contributed by atoms with Crippen molar-refractivity contribution in [3.63, 3.8) is 0 Å². The Morgan fingerprint density at radius 2 is 2.26 bits per heavy atom. The van der Waals surface area contributed by atoms with Crippen molar-refractivity contribution in [3.8, 4) is 0 Å². The second-order valence-electron chi connectivity index (χ2n) is 4.31. The van der Waals surface area contributed by atoms with E-state index in [4.69, 9.17) is 5.11 Å². The molecule has 0 aliphatic carbocycles. The smallest absolute Gasteiger partial charge is 0.328 e. The van der Waals surface area contributed by atoms with Gasteiger partial charge in [-0.15, -0.1) is 11.3 Å². The van der Waals surface area contributed by atoms with E-state index in [1.165, 1.54) is 17.4 Å². The van der Waals surface area contributed by atoms with Crippen LogP contribution in [0.15, 0.2) is 18.2 Å². The molecule has 6 heteroatoms. The van der Waals surface area contributed by atoms with Crippen molar-refractivity contribution in [2.24, 2.45) is 0 Å². The van der Waals surface area contributed by atoms with E-state index in [9.17, 15) is 9.59 Å². The number of carbonyl (C=O) groups is 2. The Bertz CT molecular complexity index is 504. The number of thiophene rings is 1. The maximum absolute atomic E-state index is 12.3. The molecule has 0 aromatic carbocycles. The summed E-state index contributed by atoms with van der Waals surface area (Å²) in [6.07, 6.45) is 3.64. The maximum Gasteiger partial charge on any atom is 0.328 e. The number of rotatable bonds is 4. The zero-order valence-corrected chi connectivity index (χ0v) is 12.2. The maximum atomic E-state index is 12.3. The van der Waals surface area contributed by atoms with Gasteiger partial charge in [-0.25, -0.2) is 4.79 Å². The molecule has 1 N–H and O–H groups in total. The van der Waals surface area contributed by atoms with Gasteiger partial charge in [-0.1, -0.05) is 0 Å². The number of carboxylic acid groups (broad SMARTS) is 1. The van der Waals surface area contributed by atoms with Crippen LogP contribution < -0.4 is 0 Å². The molecule has 1 aliphatic heterocycles. The van der Waals surface area contributed by atoms with E-state index in [1.54, 1.807) is 17.0 Å². The van der Waals surface area contributed by atoms with E-state index in [-0.39, 0.29) is 5.91 Å². The highest BCUT2D eigenvalue weighted by atomic mass is 32.2. The van der Waals surface area contributed by atoms with Crippen molar-refractivity contribution in [3.05, 3.63) is 28.0 Å². The Morgan fingerprint density at radius 1 is 1.47 bits per heavy atom. The van der Waals surface area contributed by atoms with Crippen molar-refractivity contribution in [1.29, 1.82) is 0 Å². The Labute approximate surface area is 120 Å². The Morgan fingerprint density at radius 3 is 2.89 bits per heavy atom. The monoisotopic (exact) mass is 297 g/mol. The summed E-state index contributed by atoms with van der Waals surface area (Å²) in [6.45, 7) is 0. The molecule has 1 fully saturated rings. The molecule has 19 heavy (non-hydrogen) atoms. The summed E-state index contributed by atoms with van der Waals surface area (Å²) in [7, 11) is 1.84. The van der Waals surface area contributed by atoms with Gasteiger partial charge in [-0.3, -0.25) is 4.79 Å². The summed E-state index contributed by atoms with van der Waals surface area (Å²) in [6, 6.07) is 3.85. The van der Waals surface area contributed by atoms with Crippen LogP contribution in [0.3, 0.4) is 0 Å². The number of carboxylic acids is 1. The predicted octanol–water partition coefficient (Wildman–Crippen LogP) is 2.42. The Kier molecular flexibility index (Phi) is 4.66. The van der Waals surface area contributed by atoms with Crippen LogP contribution in [-0.4, -0.2) is 46.5 Å². The molecule has 0 saturated carbocycles. The first-order valence-corrected chi connectivity index (χ1v) is 7.91. The lowest BCUT2D eigenvalue weighted by atomic mass is 10.2. The molecule has 1 aliphatic rings. The number of hydrogen-bond donors (Lipinski definition) is 1. The highest BCUT2D eigenvalue weighted by molar-refractivity contribution is 7.99. The third kappa shape index (κ3) is 3.61. The van der Waals surface area contributed by atoms with Crippen LogP contribution in [0.4, 0.5) is 0 Å². The summed E-state index contributed by atoms with van der Waals surface area (Å²) < 4.78 is 0. The SMILES string of the molecule is CN(C(=O)c1ccc(C=CC(=O)O)s1)C1CCSC1. The fraction of sp³-hybridized carbons (Fsp3) is 0.385. The van der Waals surface area contributed by atoms with E-state index < -0.39 is 5.97 Å². The van der Waals surface area contributed by atoms with Gasteiger partial charge in [-0.05, 0) is 30.4 Å². The summed E-state index contributed by atoms with van der Waals surface area (Å²) in [5.41, 5.74) is 0. The quantitative estimate of drug-likeness (QED) is 0.867. The standard InChI is InChI=1S/C13H15NO3S2/c1-14(9-6-7-18-8-9)13(17)11-4-2-10(19-11)3-5-12(15)16/h2-5,9H,6-8H2,1H3,(H,15,16). The lowest BCUT2D eigenvalue weighted by molar-refractivity contribution is -0.131. The lowest BCUT2D eigenvalue weighted by Crippen LogP contribution is -2.36. The highest BCUT2D eigenvalue weighted by Crippen LogP contribution is 2.25. The first-order chi connectivity index (χ1) is 9.08. The molecule has 2 rings (SSSR count). The molecule has 102 valence electrons. The van der Waals surface area contributed by atoms with Crippen LogP contribution >= 0.6 is 23.1 Å². The third-order valence-corrected chi connectivity index (χ3v) is 5.18. The van der Waals surface area contributed by atoms with E-state index in [0.717, 1.165) is 28.9 Å². The van der Waals surface area contributed by atoms with E-state index in [0.29, 0.717) is 10.9 Å². The molecule has 0 bridgehead atoms. The number of carbonyl (C=O) groups excluding carboxylic acids is 1. The van der Waals surface area contributed by atoms with E-state index in [1.807, 2.05) is 18.8 Å². The largest absolute Gasteiger partial charge is 0.478 e. The first kappa shape index (κ1) is 14.1. The number of amides is 1. The molecule has 2 heterocycles. The van der Waals surface area contributed by atoms with Gasteiger partial charge in [0, 0.05) is 29.8 Å². The molecule has 1 aromatic heterocycles. The van der Waals surface area contributed by atoms with E-state index in [2.05, 4.69) is 0 Å². The molecule has 4 nitrogen and oxygen atoms in total. The van der Waals surface area contributed by atoms with Crippen LogP contribution in [0.5, 0.6) is 0 Å². The van der Waals surface area contributed by atoms with Gasteiger partial charge in [0.2, 0.25) is 0 Å². The molecule has 1 unspecified atom stereocenters. The summed E-state index contributed by atoms with van der Waals surface area (Å²) in [5.74, 6) is 1.15. The van der Waals surface area contributed by atoms with Gasteiger partial charge >= 0.3 is 5.97 Å². The van der Waals surface area contributed by atoms with Crippen LogP contribution in [0, 0.1) is 0 Å². The van der Waals surface area contributed by atoms with Gasteiger partial charge in [0.25, 0.3) is 5.91 Å². The molecular weight excluding hydrogens is 282 g/mol. The van der Waals surface area contributed by atoms with Gasteiger partial charge in [-0.2, -0.15) is 11.8 Å². The fourth-order valence-corrected chi connectivity index (χ4v) is 4.04. The number of hydrogen-bond acceptors (Lipinski definition) is 4. The molecule has 1 aromatic rings. The van der Waals surface area contributed by atoms with Gasteiger partial charge in [0.15, 0.2) is 0 Å². The van der Waals surface area contributed by atoms with Crippen LogP contribution in [0.2, 0.25) is 0 Å². The first-order valence-electron chi connectivity index (χ1n) is 5.93. The number of aliphatic carboxylic acids is 1. The third-order valence-electron chi connectivity index (χ3n) is 3.00. The molecule has 1 amide bonds. The predicted molar refractivity (Wildman–Crippen MR) is 78.8 cm³/mol. The van der Waals surface area contributed by atoms with Crippen LogP contribution in [0.25, 0.3) is 6.08 Å². The minimum Gasteiger partial charge on any atom is -0.478 e. The van der Waals surface area contributed by atoms with Gasteiger partial charge in [0.05, 0.1) is 4.88 Å². The molecule has 1 saturated heterocycles. The summed E-state index contributed by atoms with van der Waals surface area (Å²) in [4.78, 5) is 25.9. The average Bonchev–Trinajstić information content (AvgIpc) is 3.05. The van der Waals surface area contributed by atoms with Crippen LogP contribution in [0.1, 0.15) is 21.0 Å². The summed E-state index contributed by atoms with van der Waals surface area (Å²) in [5, 5.41) is 8.56. The lowest BCUT2D eigenvalue weighted by Gasteiger charge is -2.22. The molecule has 1 atom stereocenters. The van der Waals surface area contributed by atoms with E-state index >= 15 is 0 Å². The van der Waals surface area contributed by atoms with Crippen molar-refractivity contribution in [1.82, 2.24) is 4.90 Å². The Hall–Kier alpha value is -1.27. The number of nitrogens with zero attached hydrogens (tertiary/aromatic N) is 1. The average molecular weight is 297 g/mol. The highest BCUT2D eigenvalue weighted by Gasteiger charge is 2.25. The van der Waals surface area contributed by atoms with Crippen molar-refractivity contribution < 1.29 is 14.7 Å². The second-order valence-corrected chi connectivity index (χ2v) is 6.57. The van der Waals surface area contributed by atoms with Crippen molar-refractivity contribution in [2.45, 2.75) is 12.5 Å². The van der Waals surface area contributed by atoms with Crippen LogP contribution in [-0.2, 0) is 4.79 Å². The second kappa shape index (κ2) is 6.25. The number of thioether (sulfide) groups is 1. The zero-order chi connectivity index (χ0) is 13.8. The van der Waals surface area contributed by atoms with Crippen molar-refractivity contribution in [2.75, 3.05) is 18.6 Å². The zero-order valence-electron chi connectivity index (χ0n) is 10.5. The molecular formula is C13H15NO3S2. The van der Waals surface area contributed by atoms with Gasteiger partial charge in [0.1, 0.15) is 0 Å². The van der Waals surface area contributed by atoms with Gasteiger partial charge < -0.3 is 10.0 Å². The molecule has 0 spiro atoms. The molecule has 0 radical (unpaired) electrons. The normalized spacial score (nSPS) is 18.9. The van der Waals surface area contributed by atoms with Crippen molar-refractivity contribution >= 4 is 41.1 Å². The minimum atomic E-state index is -0.985.